The number of hydrogen-bond acceptors (Lipinski definition) is 2. The third kappa shape index (κ3) is 3.58. The number of halogens is 3. The molecular formula is C15H16BrCl2NS. The van der Waals surface area contributed by atoms with Crippen LogP contribution in [0.25, 0.3) is 0 Å². The summed E-state index contributed by atoms with van der Waals surface area (Å²) in [5.74, 6) is 0. The Labute approximate surface area is 142 Å². The van der Waals surface area contributed by atoms with Gasteiger partial charge in [-0.25, -0.2) is 0 Å². The molecule has 2 aromatic rings. The standard InChI is InChI=1S/C15H16BrCl2NS/c1-3-7-19-14(12-8-11(17)15(16)20-12)10-6-4-5-9(2)13(10)18/h4-6,8,14,19H,3,7H2,1-2H3. The molecule has 1 N–H and O–H groups in total. The SMILES string of the molecule is CCCNC(c1cc(Cl)c(Br)s1)c1cccc(C)c1Cl. The third-order valence-electron chi connectivity index (χ3n) is 3.08. The van der Waals surface area contributed by atoms with Crippen molar-refractivity contribution in [2.24, 2.45) is 0 Å². The van der Waals surface area contributed by atoms with E-state index in [0.29, 0.717) is 0 Å². The highest BCUT2D eigenvalue weighted by atomic mass is 79.9. The van der Waals surface area contributed by atoms with Gasteiger partial charge in [0, 0.05) is 9.90 Å². The second-order valence-electron chi connectivity index (χ2n) is 4.64. The zero-order valence-electron chi connectivity index (χ0n) is 11.3. The first-order valence-electron chi connectivity index (χ1n) is 6.47. The van der Waals surface area contributed by atoms with Gasteiger partial charge in [0.05, 0.1) is 14.9 Å². The molecule has 108 valence electrons. The molecule has 0 aliphatic carbocycles. The quantitative estimate of drug-likeness (QED) is 0.637. The van der Waals surface area contributed by atoms with Crippen LogP contribution in [-0.4, -0.2) is 6.54 Å². The predicted octanol–water partition coefficient (Wildman–Crippen LogP) is 6.21. The monoisotopic (exact) mass is 391 g/mol. The summed E-state index contributed by atoms with van der Waals surface area (Å²) in [4.78, 5) is 1.17. The van der Waals surface area contributed by atoms with E-state index in [2.05, 4.69) is 34.2 Å². The van der Waals surface area contributed by atoms with Gasteiger partial charge >= 0.3 is 0 Å². The Morgan fingerprint density at radius 2 is 2.10 bits per heavy atom. The van der Waals surface area contributed by atoms with E-state index in [4.69, 9.17) is 23.2 Å². The number of nitrogens with one attached hydrogen (secondary N) is 1. The molecule has 1 atom stereocenters. The van der Waals surface area contributed by atoms with E-state index >= 15 is 0 Å². The molecule has 0 amide bonds. The van der Waals surface area contributed by atoms with Gasteiger partial charge < -0.3 is 5.32 Å². The van der Waals surface area contributed by atoms with E-state index in [1.54, 1.807) is 11.3 Å². The van der Waals surface area contributed by atoms with Gasteiger partial charge in [-0.05, 0) is 53.0 Å². The molecule has 0 fully saturated rings. The zero-order chi connectivity index (χ0) is 14.7. The minimum Gasteiger partial charge on any atom is -0.306 e. The Hall–Kier alpha value is -0.0600. The van der Waals surface area contributed by atoms with Crippen LogP contribution >= 0.6 is 50.5 Å². The number of thiophene rings is 1. The number of hydrogen-bond donors (Lipinski definition) is 1. The maximum absolute atomic E-state index is 6.48. The summed E-state index contributed by atoms with van der Waals surface area (Å²) in [5, 5.41) is 5.13. The third-order valence-corrected chi connectivity index (χ3v) is 6.14. The summed E-state index contributed by atoms with van der Waals surface area (Å²) >= 11 is 17.8. The first kappa shape index (κ1) is 16.3. The van der Waals surface area contributed by atoms with E-state index in [1.807, 2.05) is 25.1 Å². The van der Waals surface area contributed by atoms with Crippen molar-refractivity contribution in [1.82, 2.24) is 5.32 Å². The molecule has 1 heterocycles. The van der Waals surface area contributed by atoms with E-state index in [-0.39, 0.29) is 6.04 Å². The molecule has 1 unspecified atom stereocenters. The summed E-state index contributed by atoms with van der Waals surface area (Å²) in [5.41, 5.74) is 2.19. The number of aryl methyl sites for hydroxylation is 1. The maximum atomic E-state index is 6.48. The predicted molar refractivity (Wildman–Crippen MR) is 93.4 cm³/mol. The molecule has 1 aromatic carbocycles. The van der Waals surface area contributed by atoms with Crippen LogP contribution in [0.4, 0.5) is 0 Å². The minimum atomic E-state index is 0.0798. The molecule has 5 heteroatoms. The molecule has 0 saturated carbocycles. The summed E-state index contributed by atoms with van der Waals surface area (Å²) in [6.45, 7) is 5.11. The van der Waals surface area contributed by atoms with Crippen molar-refractivity contribution in [1.29, 1.82) is 0 Å². The smallest absolute Gasteiger partial charge is 0.0888 e. The average molecular weight is 393 g/mol. The minimum absolute atomic E-state index is 0.0798. The molecule has 0 saturated heterocycles. The van der Waals surface area contributed by atoms with Gasteiger partial charge in [-0.15, -0.1) is 11.3 Å². The highest BCUT2D eigenvalue weighted by Crippen LogP contribution is 2.39. The summed E-state index contributed by atoms with van der Waals surface area (Å²) in [7, 11) is 0. The Bertz CT molecular complexity index is 578. The lowest BCUT2D eigenvalue weighted by atomic mass is 10.0. The first-order chi connectivity index (χ1) is 9.54. The lowest BCUT2D eigenvalue weighted by molar-refractivity contribution is 0.606. The van der Waals surface area contributed by atoms with Crippen LogP contribution in [0.5, 0.6) is 0 Å². The Kier molecular flexibility index (Phi) is 5.94. The molecule has 2 rings (SSSR count). The van der Waals surface area contributed by atoms with Crippen LogP contribution < -0.4 is 5.32 Å². The first-order valence-corrected chi connectivity index (χ1v) is 8.84. The van der Waals surface area contributed by atoms with E-state index in [0.717, 1.165) is 37.9 Å². The molecule has 1 nitrogen and oxygen atoms in total. The van der Waals surface area contributed by atoms with Gasteiger partial charge in [-0.3, -0.25) is 0 Å². The average Bonchev–Trinajstić information content (AvgIpc) is 2.74. The molecule has 20 heavy (non-hydrogen) atoms. The normalized spacial score (nSPS) is 12.7. The van der Waals surface area contributed by atoms with Crippen molar-refractivity contribution in [3.8, 4) is 0 Å². The van der Waals surface area contributed by atoms with Gasteiger partial charge in [0.25, 0.3) is 0 Å². The molecule has 0 radical (unpaired) electrons. The Balaban J connectivity index is 2.44. The maximum Gasteiger partial charge on any atom is 0.0888 e. The van der Waals surface area contributed by atoms with Gasteiger partial charge in [-0.2, -0.15) is 0 Å². The lowest BCUT2D eigenvalue weighted by Crippen LogP contribution is -2.22. The molecular weight excluding hydrogens is 377 g/mol. The number of rotatable bonds is 5. The molecule has 0 spiro atoms. The Morgan fingerprint density at radius 3 is 2.70 bits per heavy atom. The lowest BCUT2D eigenvalue weighted by Gasteiger charge is -2.19. The van der Waals surface area contributed by atoms with Gasteiger partial charge in [0.15, 0.2) is 0 Å². The van der Waals surface area contributed by atoms with Crippen molar-refractivity contribution in [3.63, 3.8) is 0 Å². The van der Waals surface area contributed by atoms with Crippen LogP contribution in [0.2, 0.25) is 10.0 Å². The van der Waals surface area contributed by atoms with Crippen LogP contribution in [0.15, 0.2) is 28.1 Å². The van der Waals surface area contributed by atoms with Crippen LogP contribution in [0.1, 0.15) is 35.4 Å². The Morgan fingerprint density at radius 1 is 1.35 bits per heavy atom. The summed E-state index contributed by atoms with van der Waals surface area (Å²) in [6.07, 6.45) is 1.07. The van der Waals surface area contributed by atoms with Crippen molar-refractivity contribution in [2.75, 3.05) is 6.54 Å². The topological polar surface area (TPSA) is 12.0 Å². The second-order valence-corrected chi connectivity index (χ2v) is 7.82. The molecule has 0 aliphatic rings. The van der Waals surface area contributed by atoms with Crippen LogP contribution in [0.3, 0.4) is 0 Å². The summed E-state index contributed by atoms with van der Waals surface area (Å²) < 4.78 is 0.959. The van der Waals surface area contributed by atoms with Crippen LogP contribution in [-0.2, 0) is 0 Å². The van der Waals surface area contributed by atoms with Crippen LogP contribution in [0, 0.1) is 6.92 Å². The van der Waals surface area contributed by atoms with Crippen molar-refractivity contribution in [2.45, 2.75) is 26.3 Å². The van der Waals surface area contributed by atoms with E-state index < -0.39 is 0 Å². The summed E-state index contributed by atoms with van der Waals surface area (Å²) in [6, 6.07) is 8.23. The zero-order valence-corrected chi connectivity index (χ0v) is 15.3. The van der Waals surface area contributed by atoms with Crippen molar-refractivity contribution >= 4 is 50.5 Å². The van der Waals surface area contributed by atoms with Crippen molar-refractivity contribution in [3.05, 3.63) is 54.1 Å². The van der Waals surface area contributed by atoms with Gasteiger partial charge in [-0.1, -0.05) is 48.3 Å². The fourth-order valence-electron chi connectivity index (χ4n) is 2.05. The van der Waals surface area contributed by atoms with Gasteiger partial charge in [0.1, 0.15) is 0 Å². The van der Waals surface area contributed by atoms with Gasteiger partial charge in [0.2, 0.25) is 0 Å². The van der Waals surface area contributed by atoms with E-state index in [1.165, 1.54) is 4.88 Å². The van der Waals surface area contributed by atoms with Crippen molar-refractivity contribution < 1.29 is 0 Å². The second kappa shape index (κ2) is 7.28. The molecule has 0 bridgehead atoms. The fraction of sp³-hybridized carbons (Fsp3) is 0.333. The van der Waals surface area contributed by atoms with E-state index in [9.17, 15) is 0 Å². The highest BCUT2D eigenvalue weighted by molar-refractivity contribution is 9.11. The highest BCUT2D eigenvalue weighted by Gasteiger charge is 2.20. The fourth-order valence-corrected chi connectivity index (χ4v) is 4.13. The number of benzene rings is 1. The largest absolute Gasteiger partial charge is 0.306 e. The molecule has 1 aromatic heterocycles. The molecule has 0 aliphatic heterocycles.